The summed E-state index contributed by atoms with van der Waals surface area (Å²) < 4.78 is 2.60. The van der Waals surface area contributed by atoms with Gasteiger partial charge in [0, 0.05) is 49.4 Å². The van der Waals surface area contributed by atoms with Crippen molar-refractivity contribution < 1.29 is 0 Å². The average Bonchev–Trinajstić information content (AvgIpc) is 4.02. The van der Waals surface area contributed by atoms with Crippen molar-refractivity contribution in [3.8, 4) is 16.8 Å². The van der Waals surface area contributed by atoms with Gasteiger partial charge in [0.15, 0.2) is 0 Å². The summed E-state index contributed by atoms with van der Waals surface area (Å²) >= 11 is 5.71. The van der Waals surface area contributed by atoms with Gasteiger partial charge in [0.2, 0.25) is 0 Å². The van der Waals surface area contributed by atoms with E-state index >= 15 is 0 Å². The van der Waals surface area contributed by atoms with Gasteiger partial charge in [-0.05, 0) is 120 Å². The lowest BCUT2D eigenvalue weighted by Gasteiger charge is -2.24. The molecule has 7 heteroatoms. The largest absolute Gasteiger partial charge is 0.376 e. The SMILES string of the molecule is C=C/C=C(\C=C/NC(SC)C1=Cc2c3c(n(-c4ccc(C5Nc6ccccc6S5)cc4)c2CC1)CCC(C1Nc2cc(-c4ccccc4)ccc2S1)=C3)c1ccccc1. The quantitative estimate of drug-likeness (QED) is 0.0893. The van der Waals surface area contributed by atoms with Gasteiger partial charge in [0.1, 0.15) is 5.37 Å². The van der Waals surface area contributed by atoms with Crippen molar-refractivity contribution in [3.63, 3.8) is 0 Å². The highest BCUT2D eigenvalue weighted by molar-refractivity contribution is 8.00. The number of nitrogens with one attached hydrogen (secondary N) is 3. The van der Waals surface area contributed by atoms with Crippen molar-refractivity contribution >= 4 is 64.4 Å². The molecule has 2 aliphatic heterocycles. The zero-order valence-corrected chi connectivity index (χ0v) is 35.5. The van der Waals surface area contributed by atoms with Crippen molar-refractivity contribution in [2.75, 3.05) is 16.9 Å². The molecule has 0 saturated heterocycles. The van der Waals surface area contributed by atoms with Gasteiger partial charge in [0.25, 0.3) is 0 Å². The Labute approximate surface area is 360 Å². The van der Waals surface area contributed by atoms with Gasteiger partial charge in [-0.1, -0.05) is 145 Å². The second kappa shape index (κ2) is 16.6. The fourth-order valence-electron chi connectivity index (χ4n) is 8.81. The van der Waals surface area contributed by atoms with E-state index in [2.05, 4.69) is 191 Å². The van der Waals surface area contributed by atoms with Gasteiger partial charge in [-0.25, -0.2) is 0 Å². The van der Waals surface area contributed by atoms with Crippen molar-refractivity contribution in [3.05, 3.63) is 203 Å². The summed E-state index contributed by atoms with van der Waals surface area (Å²) in [7, 11) is 0. The van der Waals surface area contributed by atoms with E-state index in [0.717, 1.165) is 31.3 Å². The Bertz CT molecular complexity index is 2630. The maximum absolute atomic E-state index is 3.97. The third-order valence-electron chi connectivity index (χ3n) is 11.7. The van der Waals surface area contributed by atoms with E-state index in [1.165, 1.54) is 82.8 Å². The molecule has 0 fully saturated rings. The number of hydrogen-bond donors (Lipinski definition) is 3. The first-order valence-corrected chi connectivity index (χ1v) is 23.4. The van der Waals surface area contributed by atoms with E-state index in [0.29, 0.717) is 0 Å². The summed E-state index contributed by atoms with van der Waals surface area (Å²) in [5, 5.41) is 12.0. The summed E-state index contributed by atoms with van der Waals surface area (Å²) in [5.41, 5.74) is 18.3. The smallest absolute Gasteiger partial charge is 0.103 e. The molecule has 3 unspecified atom stereocenters. The predicted molar refractivity (Wildman–Crippen MR) is 256 cm³/mol. The van der Waals surface area contributed by atoms with Crippen molar-refractivity contribution in [2.45, 2.75) is 51.6 Å². The van der Waals surface area contributed by atoms with E-state index in [1.807, 2.05) is 41.4 Å². The molecule has 0 saturated carbocycles. The number of nitrogens with zero attached hydrogens (tertiary/aromatic N) is 1. The van der Waals surface area contributed by atoms with Crippen LogP contribution in [0.25, 0.3) is 34.5 Å². The van der Waals surface area contributed by atoms with Crippen molar-refractivity contribution in [1.29, 1.82) is 0 Å². The Balaban J connectivity index is 0.976. The van der Waals surface area contributed by atoms with Crippen LogP contribution in [-0.4, -0.2) is 21.6 Å². The Kier molecular flexibility index (Phi) is 10.7. The Hall–Kier alpha value is -5.47. The minimum atomic E-state index is 0.159. The summed E-state index contributed by atoms with van der Waals surface area (Å²) in [6.07, 6.45) is 19.5. The highest BCUT2D eigenvalue weighted by Crippen LogP contribution is 2.48. The number of rotatable bonds is 11. The lowest BCUT2D eigenvalue weighted by atomic mass is 9.90. The lowest BCUT2D eigenvalue weighted by molar-refractivity contribution is 0.756. The monoisotopic (exact) mass is 822 g/mol. The Morgan fingerprint density at radius 2 is 1.42 bits per heavy atom. The molecule has 3 atom stereocenters. The standard InChI is InChI=1S/C52H46N4S3/c1-3-12-34(35-13-6-4-7-14-35)29-30-53-50(57-2)39-21-26-46-42(31-39)43-32-40(52-55-45-33-38(23-28-49(45)59-52)36-15-8-5-9-16-36)22-27-47(43)56(46)41-24-19-37(20-25-41)51-54-44-17-10-11-18-48(44)58-51/h3-20,23-25,28-33,50-55H,1,21-22,26-27H2,2H3/b30-29-,34-12+. The number of anilines is 2. The zero-order valence-electron chi connectivity index (χ0n) is 33.0. The maximum atomic E-state index is 3.97. The number of benzene rings is 5. The molecule has 5 aromatic carbocycles. The molecular weight excluding hydrogens is 777 g/mol. The normalized spacial score (nSPS) is 18.4. The van der Waals surface area contributed by atoms with E-state index in [-0.39, 0.29) is 16.1 Å². The molecule has 6 aromatic rings. The van der Waals surface area contributed by atoms with Crippen LogP contribution in [0.3, 0.4) is 0 Å². The summed E-state index contributed by atoms with van der Waals surface area (Å²) in [4.78, 5) is 2.63. The van der Waals surface area contributed by atoms with Crippen LogP contribution in [0.15, 0.2) is 179 Å². The third kappa shape index (κ3) is 7.52. The van der Waals surface area contributed by atoms with Gasteiger partial charge < -0.3 is 20.5 Å². The molecule has 4 aliphatic rings. The first-order chi connectivity index (χ1) is 29.1. The van der Waals surface area contributed by atoms with E-state index in [4.69, 9.17) is 0 Å². The van der Waals surface area contributed by atoms with Crippen LogP contribution < -0.4 is 16.0 Å². The van der Waals surface area contributed by atoms with Crippen LogP contribution in [0.1, 0.15) is 51.9 Å². The van der Waals surface area contributed by atoms with Crippen LogP contribution in [0.5, 0.6) is 0 Å². The zero-order chi connectivity index (χ0) is 39.7. The summed E-state index contributed by atoms with van der Waals surface area (Å²) in [6.45, 7) is 3.97. The minimum Gasteiger partial charge on any atom is -0.376 e. The van der Waals surface area contributed by atoms with Crippen LogP contribution in [0, 0.1) is 0 Å². The van der Waals surface area contributed by atoms with Gasteiger partial charge in [0.05, 0.1) is 10.7 Å². The molecule has 1 aromatic heterocycles. The molecular formula is C52H46N4S3. The third-order valence-corrected chi connectivity index (χ3v) is 15.1. The molecule has 3 N–H and O–H groups in total. The molecule has 4 nitrogen and oxygen atoms in total. The molecule has 292 valence electrons. The number of allylic oxidation sites excluding steroid dienone is 4. The van der Waals surface area contributed by atoms with Gasteiger partial charge >= 0.3 is 0 Å². The summed E-state index contributed by atoms with van der Waals surface area (Å²) in [5.74, 6) is 0. The minimum absolute atomic E-state index is 0.159. The molecule has 0 spiro atoms. The fourth-order valence-corrected chi connectivity index (χ4v) is 11.8. The number of hydrogen-bond acceptors (Lipinski definition) is 6. The van der Waals surface area contributed by atoms with Crippen molar-refractivity contribution in [1.82, 2.24) is 9.88 Å². The van der Waals surface area contributed by atoms with E-state index in [1.54, 1.807) is 0 Å². The molecule has 10 rings (SSSR count). The van der Waals surface area contributed by atoms with Crippen LogP contribution in [0.4, 0.5) is 11.4 Å². The number of para-hydroxylation sites is 1. The van der Waals surface area contributed by atoms with Crippen LogP contribution >= 0.6 is 35.3 Å². The molecule has 59 heavy (non-hydrogen) atoms. The Morgan fingerprint density at radius 3 is 2.20 bits per heavy atom. The topological polar surface area (TPSA) is 41.0 Å². The number of thioether (sulfide) groups is 3. The predicted octanol–water partition coefficient (Wildman–Crippen LogP) is 13.6. The highest BCUT2D eigenvalue weighted by Gasteiger charge is 2.32. The van der Waals surface area contributed by atoms with Crippen molar-refractivity contribution in [2.24, 2.45) is 0 Å². The maximum Gasteiger partial charge on any atom is 0.103 e. The summed E-state index contributed by atoms with van der Waals surface area (Å²) in [6, 6.07) is 46.0. The molecule has 0 bridgehead atoms. The number of aromatic nitrogens is 1. The second-order valence-electron chi connectivity index (χ2n) is 15.3. The molecule has 3 heterocycles. The Morgan fingerprint density at radius 1 is 0.729 bits per heavy atom. The fraction of sp³-hybridized carbons (Fsp3) is 0.154. The molecule has 0 radical (unpaired) electrons. The highest BCUT2D eigenvalue weighted by atomic mass is 32.2. The molecule has 0 amide bonds. The lowest BCUT2D eigenvalue weighted by Crippen LogP contribution is -2.24. The van der Waals surface area contributed by atoms with Gasteiger partial charge in [-0.2, -0.15) is 0 Å². The second-order valence-corrected chi connectivity index (χ2v) is 18.5. The average molecular weight is 823 g/mol. The first-order valence-electron chi connectivity index (χ1n) is 20.4. The van der Waals surface area contributed by atoms with E-state index in [9.17, 15) is 0 Å². The van der Waals surface area contributed by atoms with Gasteiger partial charge in [-0.3, -0.25) is 0 Å². The molecule has 2 aliphatic carbocycles. The number of fused-ring (bicyclic) bond motifs is 5. The van der Waals surface area contributed by atoms with Crippen LogP contribution in [-0.2, 0) is 12.8 Å². The van der Waals surface area contributed by atoms with E-state index < -0.39 is 0 Å². The van der Waals surface area contributed by atoms with Gasteiger partial charge in [-0.15, -0.1) is 11.8 Å². The first kappa shape index (κ1) is 37.8. The van der Waals surface area contributed by atoms with Crippen LogP contribution in [0.2, 0.25) is 0 Å².